The largest absolute Gasteiger partial charge is 0.385 e. The topological polar surface area (TPSA) is 24.5 Å². The molecular weight excluding hydrogens is 200 g/mol. The minimum Gasteiger partial charge on any atom is -0.385 e. The van der Waals surface area contributed by atoms with Crippen molar-refractivity contribution in [3.63, 3.8) is 0 Å². The summed E-state index contributed by atoms with van der Waals surface area (Å²) in [5, 5.41) is 3.50. The van der Waals surface area contributed by atoms with Gasteiger partial charge in [0.05, 0.1) is 0 Å². The van der Waals surface area contributed by atoms with Crippen LogP contribution in [-0.4, -0.2) is 51.3 Å². The van der Waals surface area contributed by atoms with Crippen molar-refractivity contribution in [1.82, 2.24) is 10.2 Å². The molecule has 1 saturated carbocycles. The van der Waals surface area contributed by atoms with Gasteiger partial charge in [-0.3, -0.25) is 0 Å². The Labute approximate surface area is 101 Å². The van der Waals surface area contributed by atoms with E-state index in [4.69, 9.17) is 4.74 Å². The second kappa shape index (κ2) is 5.99. The Morgan fingerprint density at radius 2 is 2.12 bits per heavy atom. The predicted octanol–water partition coefficient (Wildman–Crippen LogP) is 1.73. The van der Waals surface area contributed by atoms with Crippen molar-refractivity contribution in [2.75, 3.05) is 34.4 Å². The summed E-state index contributed by atoms with van der Waals surface area (Å²) >= 11 is 0. The molecule has 1 aliphatic rings. The molecule has 0 heterocycles. The third-order valence-electron chi connectivity index (χ3n) is 4.05. The highest BCUT2D eigenvalue weighted by atomic mass is 16.5. The lowest BCUT2D eigenvalue weighted by molar-refractivity contribution is 0.146. The van der Waals surface area contributed by atoms with Gasteiger partial charge >= 0.3 is 0 Å². The number of nitrogens with one attached hydrogen (secondary N) is 1. The molecule has 0 saturated heterocycles. The molecule has 96 valence electrons. The van der Waals surface area contributed by atoms with Crippen molar-refractivity contribution in [2.24, 2.45) is 5.41 Å². The monoisotopic (exact) mass is 228 g/mol. The molecule has 1 rings (SSSR count). The Balaban J connectivity index is 2.46. The third-order valence-corrected chi connectivity index (χ3v) is 4.05. The molecule has 0 spiro atoms. The van der Waals surface area contributed by atoms with Gasteiger partial charge in [-0.2, -0.15) is 0 Å². The van der Waals surface area contributed by atoms with Crippen LogP contribution in [0.1, 0.15) is 33.1 Å². The van der Waals surface area contributed by atoms with Gasteiger partial charge in [0.25, 0.3) is 0 Å². The first kappa shape index (κ1) is 13.9. The molecule has 0 bridgehead atoms. The van der Waals surface area contributed by atoms with Gasteiger partial charge in [-0.05, 0) is 38.8 Å². The maximum atomic E-state index is 5.11. The van der Waals surface area contributed by atoms with E-state index in [-0.39, 0.29) is 0 Å². The van der Waals surface area contributed by atoms with Crippen molar-refractivity contribution in [3.8, 4) is 0 Å². The van der Waals surface area contributed by atoms with Crippen LogP contribution in [-0.2, 0) is 4.74 Å². The lowest BCUT2D eigenvalue weighted by Gasteiger charge is -2.35. The van der Waals surface area contributed by atoms with Gasteiger partial charge in [0, 0.05) is 32.3 Å². The van der Waals surface area contributed by atoms with E-state index in [1.807, 2.05) is 0 Å². The fourth-order valence-corrected chi connectivity index (χ4v) is 3.04. The smallest absolute Gasteiger partial charge is 0.0474 e. The summed E-state index contributed by atoms with van der Waals surface area (Å²) < 4.78 is 5.11. The third kappa shape index (κ3) is 3.19. The second-order valence-corrected chi connectivity index (χ2v) is 5.69. The van der Waals surface area contributed by atoms with Crippen LogP contribution in [0.15, 0.2) is 0 Å². The van der Waals surface area contributed by atoms with Crippen LogP contribution in [0, 0.1) is 5.41 Å². The molecule has 0 amide bonds. The van der Waals surface area contributed by atoms with Gasteiger partial charge < -0.3 is 15.0 Å². The lowest BCUT2D eigenvalue weighted by Crippen LogP contribution is -2.49. The molecule has 0 aromatic heterocycles. The number of nitrogens with zero attached hydrogens (tertiary/aromatic N) is 1. The Kier molecular flexibility index (Phi) is 5.22. The SMILES string of the molecule is CNC1C(N(C)CCCOC)CCC1(C)C. The summed E-state index contributed by atoms with van der Waals surface area (Å²) in [4.78, 5) is 2.49. The number of hydrogen-bond donors (Lipinski definition) is 1. The minimum atomic E-state index is 0.426. The average Bonchev–Trinajstić information content (AvgIpc) is 2.53. The summed E-state index contributed by atoms with van der Waals surface area (Å²) in [7, 11) is 6.11. The van der Waals surface area contributed by atoms with Crippen molar-refractivity contribution in [2.45, 2.75) is 45.2 Å². The van der Waals surface area contributed by atoms with E-state index >= 15 is 0 Å². The highest BCUT2D eigenvalue weighted by Crippen LogP contribution is 2.39. The molecule has 0 aromatic rings. The maximum absolute atomic E-state index is 5.11. The van der Waals surface area contributed by atoms with E-state index in [0.29, 0.717) is 17.5 Å². The zero-order valence-electron chi connectivity index (χ0n) is 11.5. The minimum absolute atomic E-state index is 0.426. The Bertz CT molecular complexity index is 206. The van der Waals surface area contributed by atoms with Gasteiger partial charge in [-0.15, -0.1) is 0 Å². The molecule has 16 heavy (non-hydrogen) atoms. The molecule has 0 radical (unpaired) electrons. The predicted molar refractivity (Wildman–Crippen MR) is 68.8 cm³/mol. The average molecular weight is 228 g/mol. The van der Waals surface area contributed by atoms with Crippen LogP contribution in [0.3, 0.4) is 0 Å². The van der Waals surface area contributed by atoms with E-state index in [1.54, 1.807) is 7.11 Å². The van der Waals surface area contributed by atoms with Crippen molar-refractivity contribution >= 4 is 0 Å². The van der Waals surface area contributed by atoms with Crippen molar-refractivity contribution < 1.29 is 4.74 Å². The standard InChI is InChI=1S/C13H28N2O/c1-13(2)8-7-11(12(13)14-3)15(4)9-6-10-16-5/h11-12,14H,6-10H2,1-5H3. The molecule has 3 heteroatoms. The van der Waals surface area contributed by atoms with E-state index in [0.717, 1.165) is 19.6 Å². The van der Waals surface area contributed by atoms with Gasteiger partial charge in [-0.1, -0.05) is 13.8 Å². The number of methoxy groups -OCH3 is 1. The highest BCUT2D eigenvalue weighted by Gasteiger charge is 2.42. The number of hydrogen-bond acceptors (Lipinski definition) is 3. The lowest BCUT2D eigenvalue weighted by atomic mass is 9.86. The van der Waals surface area contributed by atoms with Crippen LogP contribution in [0.2, 0.25) is 0 Å². The van der Waals surface area contributed by atoms with E-state index in [1.165, 1.54) is 12.8 Å². The summed E-state index contributed by atoms with van der Waals surface area (Å²) in [6.07, 6.45) is 3.75. The molecular formula is C13H28N2O. The zero-order valence-corrected chi connectivity index (χ0v) is 11.5. The Hall–Kier alpha value is -0.120. The first-order valence-corrected chi connectivity index (χ1v) is 6.39. The van der Waals surface area contributed by atoms with E-state index in [2.05, 4.69) is 38.2 Å². The Morgan fingerprint density at radius 1 is 1.44 bits per heavy atom. The summed E-state index contributed by atoms with van der Waals surface area (Å²) in [6, 6.07) is 1.29. The van der Waals surface area contributed by atoms with Gasteiger partial charge in [0.2, 0.25) is 0 Å². The van der Waals surface area contributed by atoms with Gasteiger partial charge in [0.1, 0.15) is 0 Å². The second-order valence-electron chi connectivity index (χ2n) is 5.69. The van der Waals surface area contributed by atoms with E-state index in [9.17, 15) is 0 Å². The molecule has 1 aliphatic carbocycles. The first-order valence-electron chi connectivity index (χ1n) is 6.39. The number of likely N-dealkylation sites (N-methyl/N-ethyl adjacent to an activating group) is 2. The van der Waals surface area contributed by atoms with Crippen LogP contribution in [0.5, 0.6) is 0 Å². The summed E-state index contributed by atoms with van der Waals surface area (Å²) in [5.41, 5.74) is 0.426. The first-order chi connectivity index (χ1) is 7.53. The zero-order chi connectivity index (χ0) is 12.2. The maximum Gasteiger partial charge on any atom is 0.0474 e. The van der Waals surface area contributed by atoms with Crippen molar-refractivity contribution in [1.29, 1.82) is 0 Å². The normalized spacial score (nSPS) is 28.9. The molecule has 1 N–H and O–H groups in total. The highest BCUT2D eigenvalue weighted by molar-refractivity contribution is 4.99. The van der Waals surface area contributed by atoms with Crippen molar-refractivity contribution in [3.05, 3.63) is 0 Å². The fraction of sp³-hybridized carbons (Fsp3) is 1.00. The summed E-state index contributed by atoms with van der Waals surface area (Å²) in [5.74, 6) is 0. The summed E-state index contributed by atoms with van der Waals surface area (Å²) in [6.45, 7) is 6.74. The quantitative estimate of drug-likeness (QED) is 0.701. The van der Waals surface area contributed by atoms with Crippen LogP contribution < -0.4 is 5.32 Å². The van der Waals surface area contributed by atoms with Crippen LogP contribution >= 0.6 is 0 Å². The molecule has 1 fully saturated rings. The fourth-order valence-electron chi connectivity index (χ4n) is 3.04. The molecule has 2 unspecified atom stereocenters. The molecule has 2 atom stereocenters. The molecule has 0 aliphatic heterocycles. The number of rotatable bonds is 6. The Morgan fingerprint density at radius 3 is 2.69 bits per heavy atom. The van der Waals surface area contributed by atoms with Crippen LogP contribution in [0.25, 0.3) is 0 Å². The molecule has 0 aromatic carbocycles. The van der Waals surface area contributed by atoms with E-state index < -0.39 is 0 Å². The molecule has 3 nitrogen and oxygen atoms in total. The number of ether oxygens (including phenoxy) is 1. The van der Waals surface area contributed by atoms with Crippen LogP contribution in [0.4, 0.5) is 0 Å². The van der Waals surface area contributed by atoms with Gasteiger partial charge in [0.15, 0.2) is 0 Å². The van der Waals surface area contributed by atoms with Gasteiger partial charge in [-0.25, -0.2) is 0 Å².